The first kappa shape index (κ1) is 21.3. The Bertz CT molecular complexity index is 1090. The van der Waals surface area contributed by atoms with Gasteiger partial charge in [-0.15, -0.1) is 0 Å². The molecule has 2 aliphatic rings. The Hall–Kier alpha value is -2.95. The number of hydrogen-bond acceptors (Lipinski definition) is 6. The maximum atomic E-state index is 12.5. The van der Waals surface area contributed by atoms with Gasteiger partial charge in [-0.1, -0.05) is 0 Å². The van der Waals surface area contributed by atoms with Crippen LogP contribution < -0.4 is 20.1 Å². The van der Waals surface area contributed by atoms with Gasteiger partial charge in [0.15, 0.2) is 6.10 Å². The predicted molar refractivity (Wildman–Crippen MR) is 114 cm³/mol. The first-order valence-electron chi connectivity index (χ1n) is 9.96. The molecule has 0 bridgehead atoms. The highest BCUT2D eigenvalue weighted by molar-refractivity contribution is 7.89. The van der Waals surface area contributed by atoms with E-state index in [1.165, 1.54) is 24.3 Å². The Morgan fingerprint density at radius 3 is 2.68 bits per heavy atom. The van der Waals surface area contributed by atoms with Crippen LogP contribution in [0, 0.1) is 0 Å². The van der Waals surface area contributed by atoms with Gasteiger partial charge in [0.1, 0.15) is 5.75 Å². The van der Waals surface area contributed by atoms with E-state index >= 15 is 0 Å². The van der Waals surface area contributed by atoms with Crippen molar-refractivity contribution in [1.82, 2.24) is 4.72 Å². The Balaban J connectivity index is 1.40. The fourth-order valence-electron chi connectivity index (χ4n) is 3.37. The summed E-state index contributed by atoms with van der Waals surface area (Å²) >= 11 is 0. The highest BCUT2D eigenvalue weighted by Crippen LogP contribution is 2.32. The van der Waals surface area contributed by atoms with Crippen LogP contribution in [0.2, 0.25) is 0 Å². The first-order chi connectivity index (χ1) is 14.8. The van der Waals surface area contributed by atoms with Crippen LogP contribution >= 0.6 is 0 Å². The lowest BCUT2D eigenvalue weighted by atomic mass is 10.2. The van der Waals surface area contributed by atoms with Crippen molar-refractivity contribution in [2.45, 2.75) is 36.9 Å². The smallest absolute Gasteiger partial charge is 0.265 e. The van der Waals surface area contributed by atoms with Gasteiger partial charge in [-0.25, -0.2) is 13.1 Å². The van der Waals surface area contributed by atoms with Crippen LogP contribution in [0.25, 0.3) is 0 Å². The van der Waals surface area contributed by atoms with Crippen LogP contribution in [-0.2, 0) is 19.6 Å². The summed E-state index contributed by atoms with van der Waals surface area (Å²) < 4.78 is 38.3. The molecule has 2 atom stereocenters. The summed E-state index contributed by atoms with van der Waals surface area (Å²) in [5, 5.41) is 5.45. The lowest BCUT2D eigenvalue weighted by molar-refractivity contribution is -0.122. The van der Waals surface area contributed by atoms with Crippen molar-refractivity contribution in [1.29, 1.82) is 0 Å². The minimum atomic E-state index is -3.68. The summed E-state index contributed by atoms with van der Waals surface area (Å²) in [6.45, 7) is 2.52. The van der Waals surface area contributed by atoms with Crippen molar-refractivity contribution in [2.24, 2.45) is 0 Å². The molecule has 9 nitrogen and oxygen atoms in total. The van der Waals surface area contributed by atoms with Crippen molar-refractivity contribution < 1.29 is 27.5 Å². The Morgan fingerprint density at radius 1 is 1.19 bits per heavy atom. The van der Waals surface area contributed by atoms with Crippen molar-refractivity contribution in [3.05, 3.63) is 48.0 Å². The molecule has 31 heavy (non-hydrogen) atoms. The van der Waals surface area contributed by atoms with E-state index in [0.717, 1.165) is 12.8 Å². The van der Waals surface area contributed by atoms with Gasteiger partial charge in [-0.05, 0) is 62.2 Å². The number of rotatable bonds is 6. The predicted octanol–water partition coefficient (Wildman–Crippen LogP) is 2.12. The van der Waals surface area contributed by atoms with E-state index in [9.17, 15) is 18.0 Å². The zero-order valence-electron chi connectivity index (χ0n) is 16.9. The maximum Gasteiger partial charge on any atom is 0.265 e. The molecule has 2 aromatic rings. The molecule has 4 rings (SSSR count). The van der Waals surface area contributed by atoms with E-state index in [4.69, 9.17) is 9.47 Å². The number of carbonyl (C=O) groups excluding carboxylic acids is 2. The Labute approximate surface area is 180 Å². The topological polar surface area (TPSA) is 123 Å². The van der Waals surface area contributed by atoms with Crippen LogP contribution in [0.3, 0.4) is 0 Å². The number of hydrogen-bond donors (Lipinski definition) is 3. The number of ether oxygens (including phenoxy) is 2. The molecule has 2 aliphatic heterocycles. The molecule has 2 amide bonds. The second-order valence-electron chi connectivity index (χ2n) is 7.43. The number of sulfonamides is 1. The third kappa shape index (κ3) is 4.87. The number of fused-ring (bicyclic) bond motifs is 1. The standard InChI is InChI=1S/C21H23N3O6S/c1-13-20(25)24-18-11-15(6-9-19(18)30-13)23-21(26)14-4-7-17(8-5-14)31(27,28)22-12-16-3-2-10-29-16/h4-9,11,13,16,22H,2-3,10,12H2,1H3,(H,23,26)(H,24,25)/t13-,16+/m1/s1. The number of benzene rings is 2. The quantitative estimate of drug-likeness (QED) is 0.626. The van der Waals surface area contributed by atoms with E-state index in [1.807, 2.05) is 0 Å². The largest absolute Gasteiger partial charge is 0.479 e. The van der Waals surface area contributed by atoms with E-state index < -0.39 is 22.0 Å². The lowest BCUT2D eigenvalue weighted by Gasteiger charge is -2.23. The normalized spacial score (nSPS) is 20.5. The van der Waals surface area contributed by atoms with Crippen molar-refractivity contribution in [2.75, 3.05) is 23.8 Å². The second kappa shape index (κ2) is 8.66. The van der Waals surface area contributed by atoms with E-state index in [0.29, 0.717) is 29.3 Å². The molecule has 3 N–H and O–H groups in total. The van der Waals surface area contributed by atoms with E-state index in [2.05, 4.69) is 15.4 Å². The number of carbonyl (C=O) groups is 2. The number of anilines is 2. The minimum Gasteiger partial charge on any atom is -0.479 e. The molecule has 164 valence electrons. The number of amides is 2. The summed E-state index contributed by atoms with van der Waals surface area (Å²) in [7, 11) is -3.68. The van der Waals surface area contributed by atoms with Crippen molar-refractivity contribution in [3.63, 3.8) is 0 Å². The molecule has 0 spiro atoms. The summed E-state index contributed by atoms with van der Waals surface area (Å²) in [6.07, 6.45) is 1.08. The van der Waals surface area contributed by atoms with Gasteiger partial charge in [0, 0.05) is 24.4 Å². The summed E-state index contributed by atoms with van der Waals surface area (Å²) in [5.41, 5.74) is 1.24. The van der Waals surface area contributed by atoms with Crippen LogP contribution in [0.5, 0.6) is 5.75 Å². The summed E-state index contributed by atoms with van der Waals surface area (Å²) in [6, 6.07) is 10.6. The molecule has 0 radical (unpaired) electrons. The molecule has 2 heterocycles. The van der Waals surface area contributed by atoms with Gasteiger partial charge in [0.05, 0.1) is 16.7 Å². The van der Waals surface area contributed by atoms with E-state index in [1.54, 1.807) is 25.1 Å². The monoisotopic (exact) mass is 445 g/mol. The van der Waals surface area contributed by atoms with Crippen molar-refractivity contribution in [3.8, 4) is 5.75 Å². The SMILES string of the molecule is C[C@H]1Oc2ccc(NC(=O)c3ccc(S(=O)(=O)NC[C@@H]4CCCO4)cc3)cc2NC1=O. The molecule has 1 fully saturated rings. The average Bonchev–Trinajstić information content (AvgIpc) is 3.27. The molecular weight excluding hydrogens is 422 g/mol. The Morgan fingerprint density at radius 2 is 1.97 bits per heavy atom. The van der Waals surface area contributed by atoms with Gasteiger partial charge in [0.25, 0.3) is 11.8 Å². The maximum absolute atomic E-state index is 12.5. The van der Waals surface area contributed by atoms with Gasteiger partial charge in [0.2, 0.25) is 10.0 Å². The summed E-state index contributed by atoms with van der Waals surface area (Å²) in [5.74, 6) is -0.149. The van der Waals surface area contributed by atoms with Crippen LogP contribution in [0.4, 0.5) is 11.4 Å². The van der Waals surface area contributed by atoms with E-state index in [-0.39, 0.29) is 23.5 Å². The highest BCUT2D eigenvalue weighted by atomic mass is 32.2. The minimum absolute atomic E-state index is 0.0739. The van der Waals surface area contributed by atoms with Crippen LogP contribution in [-0.4, -0.2) is 45.6 Å². The molecule has 0 aliphatic carbocycles. The second-order valence-corrected chi connectivity index (χ2v) is 9.19. The molecule has 10 heteroatoms. The molecular formula is C21H23N3O6S. The van der Waals surface area contributed by atoms with Gasteiger partial charge in [-0.2, -0.15) is 0 Å². The number of nitrogens with one attached hydrogen (secondary N) is 3. The molecule has 2 aromatic carbocycles. The Kier molecular flexibility index (Phi) is 5.94. The van der Waals surface area contributed by atoms with Gasteiger partial charge >= 0.3 is 0 Å². The fourth-order valence-corrected chi connectivity index (χ4v) is 4.43. The van der Waals surface area contributed by atoms with Crippen LogP contribution in [0.15, 0.2) is 47.4 Å². The molecule has 0 saturated carbocycles. The average molecular weight is 445 g/mol. The summed E-state index contributed by atoms with van der Waals surface area (Å²) in [4.78, 5) is 24.4. The van der Waals surface area contributed by atoms with Crippen molar-refractivity contribution >= 4 is 33.2 Å². The third-order valence-electron chi connectivity index (χ3n) is 5.12. The zero-order chi connectivity index (χ0) is 22.0. The lowest BCUT2D eigenvalue weighted by Crippen LogP contribution is -2.34. The highest BCUT2D eigenvalue weighted by Gasteiger charge is 2.24. The molecule has 1 saturated heterocycles. The first-order valence-corrected chi connectivity index (χ1v) is 11.4. The molecule has 0 aromatic heterocycles. The zero-order valence-corrected chi connectivity index (χ0v) is 17.7. The van der Waals surface area contributed by atoms with Gasteiger partial charge in [-0.3, -0.25) is 9.59 Å². The van der Waals surface area contributed by atoms with Crippen LogP contribution in [0.1, 0.15) is 30.1 Å². The molecule has 0 unspecified atom stereocenters. The fraction of sp³-hybridized carbons (Fsp3) is 0.333. The van der Waals surface area contributed by atoms with Gasteiger partial charge < -0.3 is 20.1 Å². The third-order valence-corrected chi connectivity index (χ3v) is 6.56.